The zero-order valence-corrected chi connectivity index (χ0v) is 12.4. The van der Waals surface area contributed by atoms with Crippen molar-refractivity contribution in [3.63, 3.8) is 0 Å². The van der Waals surface area contributed by atoms with E-state index in [-0.39, 0.29) is 0 Å². The normalized spacial score (nSPS) is 11.3. The minimum Gasteiger partial charge on any atom is -0.298 e. The fourth-order valence-corrected chi connectivity index (χ4v) is 2.78. The standard InChI is InChI=1S/C15H16N4S/c1-11-8-16-6-5-13(11)10-19(2)9-12-3-4-14-15(7-12)18-20-17-14/h3-8H,9-10H2,1-2H3. The molecule has 0 aliphatic heterocycles. The van der Waals surface area contributed by atoms with Crippen LogP contribution < -0.4 is 0 Å². The van der Waals surface area contributed by atoms with Crippen LogP contribution >= 0.6 is 11.7 Å². The monoisotopic (exact) mass is 284 g/mol. The Morgan fingerprint density at radius 2 is 1.95 bits per heavy atom. The predicted molar refractivity (Wildman–Crippen MR) is 81.6 cm³/mol. The lowest BCUT2D eigenvalue weighted by Gasteiger charge is -2.17. The van der Waals surface area contributed by atoms with Gasteiger partial charge in [-0.15, -0.1) is 0 Å². The van der Waals surface area contributed by atoms with Crippen LogP contribution in [0, 0.1) is 6.92 Å². The van der Waals surface area contributed by atoms with Crippen molar-refractivity contribution in [2.45, 2.75) is 20.0 Å². The second kappa shape index (κ2) is 5.64. The van der Waals surface area contributed by atoms with Gasteiger partial charge in [-0.3, -0.25) is 9.88 Å². The number of hydrogen-bond donors (Lipinski definition) is 0. The Balaban J connectivity index is 1.72. The first-order valence-corrected chi connectivity index (χ1v) is 7.24. The first-order valence-electron chi connectivity index (χ1n) is 6.51. The molecular formula is C15H16N4S. The van der Waals surface area contributed by atoms with Gasteiger partial charge in [0, 0.05) is 25.5 Å². The molecule has 102 valence electrons. The minimum absolute atomic E-state index is 0.898. The third kappa shape index (κ3) is 2.84. The number of fused-ring (bicyclic) bond motifs is 1. The van der Waals surface area contributed by atoms with Gasteiger partial charge in [0.15, 0.2) is 0 Å². The van der Waals surface area contributed by atoms with Gasteiger partial charge < -0.3 is 0 Å². The van der Waals surface area contributed by atoms with Crippen LogP contribution in [0.4, 0.5) is 0 Å². The highest BCUT2D eigenvalue weighted by molar-refractivity contribution is 7.00. The average Bonchev–Trinajstić information content (AvgIpc) is 2.89. The van der Waals surface area contributed by atoms with Crippen LogP contribution in [0.2, 0.25) is 0 Å². The van der Waals surface area contributed by atoms with Gasteiger partial charge in [0.1, 0.15) is 11.0 Å². The van der Waals surface area contributed by atoms with Gasteiger partial charge in [0.2, 0.25) is 0 Å². The summed E-state index contributed by atoms with van der Waals surface area (Å²) in [6, 6.07) is 8.37. The first kappa shape index (κ1) is 13.1. The van der Waals surface area contributed by atoms with Crippen molar-refractivity contribution in [2.24, 2.45) is 0 Å². The Morgan fingerprint density at radius 1 is 1.10 bits per heavy atom. The maximum atomic E-state index is 4.29. The summed E-state index contributed by atoms with van der Waals surface area (Å²) < 4.78 is 8.52. The Morgan fingerprint density at radius 3 is 2.80 bits per heavy atom. The fraction of sp³-hybridized carbons (Fsp3) is 0.267. The van der Waals surface area contributed by atoms with Crippen LogP contribution in [0.5, 0.6) is 0 Å². The van der Waals surface area contributed by atoms with Crippen molar-refractivity contribution < 1.29 is 0 Å². The molecule has 20 heavy (non-hydrogen) atoms. The zero-order valence-electron chi connectivity index (χ0n) is 11.6. The van der Waals surface area contributed by atoms with Crippen LogP contribution in [0.15, 0.2) is 36.7 Å². The lowest BCUT2D eigenvalue weighted by Crippen LogP contribution is -2.17. The van der Waals surface area contributed by atoms with E-state index in [2.05, 4.69) is 50.8 Å². The van der Waals surface area contributed by atoms with Crippen LogP contribution in [0.1, 0.15) is 16.7 Å². The van der Waals surface area contributed by atoms with Crippen molar-refractivity contribution in [2.75, 3.05) is 7.05 Å². The van der Waals surface area contributed by atoms with Gasteiger partial charge in [0.25, 0.3) is 0 Å². The number of rotatable bonds is 4. The summed E-state index contributed by atoms with van der Waals surface area (Å²) in [4.78, 5) is 6.43. The zero-order chi connectivity index (χ0) is 13.9. The number of benzene rings is 1. The summed E-state index contributed by atoms with van der Waals surface area (Å²) in [5.74, 6) is 0. The molecule has 2 heterocycles. The Hall–Kier alpha value is -1.85. The summed E-state index contributed by atoms with van der Waals surface area (Å²) >= 11 is 1.26. The molecule has 5 heteroatoms. The van der Waals surface area contributed by atoms with Crippen LogP contribution in [-0.4, -0.2) is 25.7 Å². The molecule has 0 bridgehead atoms. The van der Waals surface area contributed by atoms with Crippen LogP contribution in [0.3, 0.4) is 0 Å². The van der Waals surface area contributed by atoms with Gasteiger partial charge >= 0.3 is 0 Å². The maximum Gasteiger partial charge on any atom is 0.105 e. The van der Waals surface area contributed by atoms with E-state index in [4.69, 9.17) is 0 Å². The second-order valence-corrected chi connectivity index (χ2v) is 5.59. The van der Waals surface area contributed by atoms with Crippen LogP contribution in [0.25, 0.3) is 11.0 Å². The lowest BCUT2D eigenvalue weighted by atomic mass is 10.1. The topological polar surface area (TPSA) is 41.9 Å². The molecule has 0 spiro atoms. The quantitative estimate of drug-likeness (QED) is 0.738. The molecule has 0 saturated heterocycles. The van der Waals surface area contributed by atoms with E-state index >= 15 is 0 Å². The highest BCUT2D eigenvalue weighted by Gasteiger charge is 2.06. The molecule has 2 aromatic heterocycles. The molecule has 0 amide bonds. The number of nitrogens with zero attached hydrogens (tertiary/aromatic N) is 4. The Kier molecular flexibility index (Phi) is 3.71. The summed E-state index contributed by atoms with van der Waals surface area (Å²) in [6.07, 6.45) is 3.76. The molecule has 0 unspecified atom stereocenters. The van der Waals surface area contributed by atoms with Crippen molar-refractivity contribution >= 4 is 22.8 Å². The van der Waals surface area contributed by atoms with Gasteiger partial charge in [-0.2, -0.15) is 8.75 Å². The second-order valence-electron chi connectivity index (χ2n) is 5.06. The summed E-state index contributed by atoms with van der Waals surface area (Å²) in [6.45, 7) is 3.92. The Labute approximate surface area is 122 Å². The highest BCUT2D eigenvalue weighted by atomic mass is 32.1. The molecular weight excluding hydrogens is 268 g/mol. The van der Waals surface area contributed by atoms with Gasteiger partial charge in [-0.05, 0) is 48.9 Å². The largest absolute Gasteiger partial charge is 0.298 e. The molecule has 0 N–H and O–H groups in total. The summed E-state index contributed by atoms with van der Waals surface area (Å²) in [5, 5.41) is 0. The van der Waals surface area contributed by atoms with E-state index in [1.807, 2.05) is 18.5 Å². The third-order valence-corrected chi connectivity index (χ3v) is 3.90. The van der Waals surface area contributed by atoms with E-state index in [0.29, 0.717) is 0 Å². The van der Waals surface area contributed by atoms with Crippen molar-refractivity contribution in [1.82, 2.24) is 18.6 Å². The van der Waals surface area contributed by atoms with E-state index < -0.39 is 0 Å². The van der Waals surface area contributed by atoms with Crippen molar-refractivity contribution in [1.29, 1.82) is 0 Å². The van der Waals surface area contributed by atoms with Gasteiger partial charge in [0.05, 0.1) is 11.7 Å². The number of pyridine rings is 1. The van der Waals surface area contributed by atoms with Gasteiger partial charge in [-0.25, -0.2) is 0 Å². The van der Waals surface area contributed by atoms with E-state index in [0.717, 1.165) is 24.1 Å². The maximum absolute atomic E-state index is 4.29. The minimum atomic E-state index is 0.898. The van der Waals surface area contributed by atoms with Crippen LogP contribution in [-0.2, 0) is 13.1 Å². The van der Waals surface area contributed by atoms with E-state index in [1.54, 1.807) is 0 Å². The number of aryl methyl sites for hydroxylation is 1. The van der Waals surface area contributed by atoms with E-state index in [9.17, 15) is 0 Å². The Bertz CT molecular complexity index is 722. The molecule has 1 aromatic carbocycles. The fourth-order valence-electron chi connectivity index (χ4n) is 2.26. The molecule has 0 atom stereocenters. The molecule has 0 aliphatic rings. The summed E-state index contributed by atoms with van der Waals surface area (Å²) in [5.41, 5.74) is 5.78. The predicted octanol–water partition coefficient (Wildman–Crippen LogP) is 3.03. The number of aromatic nitrogens is 3. The first-order chi connectivity index (χ1) is 9.72. The molecule has 0 aliphatic carbocycles. The third-order valence-electron chi connectivity index (χ3n) is 3.35. The molecule has 0 fully saturated rings. The van der Waals surface area contributed by atoms with Crippen molar-refractivity contribution in [3.05, 3.63) is 53.3 Å². The van der Waals surface area contributed by atoms with Crippen molar-refractivity contribution in [3.8, 4) is 0 Å². The highest BCUT2D eigenvalue weighted by Crippen LogP contribution is 2.16. The van der Waals surface area contributed by atoms with E-state index in [1.165, 1.54) is 28.4 Å². The molecule has 0 radical (unpaired) electrons. The lowest BCUT2D eigenvalue weighted by molar-refractivity contribution is 0.318. The molecule has 0 saturated carbocycles. The molecule has 4 nitrogen and oxygen atoms in total. The smallest absolute Gasteiger partial charge is 0.105 e. The number of hydrogen-bond acceptors (Lipinski definition) is 5. The molecule has 3 aromatic rings. The average molecular weight is 284 g/mol. The SMILES string of the molecule is Cc1cnccc1CN(C)Cc1ccc2nsnc2c1. The molecule has 3 rings (SSSR count). The summed E-state index contributed by atoms with van der Waals surface area (Å²) in [7, 11) is 2.13. The van der Waals surface area contributed by atoms with Gasteiger partial charge in [-0.1, -0.05) is 6.07 Å².